The Bertz CT molecular complexity index is 359. The third kappa shape index (κ3) is 5.12. The minimum absolute atomic E-state index is 0.429. The fourth-order valence-corrected chi connectivity index (χ4v) is 1.84. The summed E-state index contributed by atoms with van der Waals surface area (Å²) in [4.78, 5) is 11.2. The Balaban J connectivity index is 2.81. The first-order valence-electron chi connectivity index (χ1n) is 7.00. The van der Waals surface area contributed by atoms with Gasteiger partial charge in [0.15, 0.2) is 0 Å². The highest BCUT2D eigenvalue weighted by molar-refractivity contribution is 5.37. The molecule has 1 unspecified atom stereocenters. The van der Waals surface area contributed by atoms with Gasteiger partial charge in [-0.2, -0.15) is 0 Å². The molecule has 0 bridgehead atoms. The van der Waals surface area contributed by atoms with Crippen LogP contribution >= 0.6 is 0 Å². The summed E-state index contributed by atoms with van der Waals surface area (Å²) in [5.74, 6) is 0.932. The number of methoxy groups -OCH3 is 1. The molecule has 1 N–H and O–H groups in total. The first kappa shape index (κ1) is 15.9. The molecule has 5 heteroatoms. The summed E-state index contributed by atoms with van der Waals surface area (Å²) >= 11 is 0. The Morgan fingerprint density at radius 1 is 1.37 bits per heavy atom. The molecular formula is C14H26N4O. The fourth-order valence-electron chi connectivity index (χ4n) is 1.84. The third-order valence-corrected chi connectivity index (χ3v) is 3.18. The predicted octanol–water partition coefficient (Wildman–Crippen LogP) is 1.84. The van der Waals surface area contributed by atoms with Crippen molar-refractivity contribution in [2.45, 2.75) is 39.8 Å². The van der Waals surface area contributed by atoms with Crippen LogP contribution in [-0.4, -0.2) is 42.8 Å². The van der Waals surface area contributed by atoms with Gasteiger partial charge in [0.1, 0.15) is 5.82 Å². The molecule has 0 aliphatic heterocycles. The van der Waals surface area contributed by atoms with E-state index >= 15 is 0 Å². The second kappa shape index (κ2) is 8.82. The van der Waals surface area contributed by atoms with Gasteiger partial charge >= 0.3 is 0 Å². The third-order valence-electron chi connectivity index (χ3n) is 3.18. The van der Waals surface area contributed by atoms with Gasteiger partial charge in [-0.25, -0.2) is 4.98 Å². The van der Waals surface area contributed by atoms with Gasteiger partial charge in [-0.3, -0.25) is 4.98 Å². The Morgan fingerprint density at radius 2 is 2.16 bits per heavy atom. The van der Waals surface area contributed by atoms with Crippen LogP contribution in [0.15, 0.2) is 12.4 Å². The van der Waals surface area contributed by atoms with E-state index in [1.54, 1.807) is 7.11 Å². The minimum atomic E-state index is 0.429. The number of hydrogen-bond acceptors (Lipinski definition) is 5. The van der Waals surface area contributed by atoms with Crippen LogP contribution in [0.5, 0.6) is 0 Å². The molecule has 0 aliphatic rings. The van der Waals surface area contributed by atoms with E-state index in [4.69, 9.17) is 4.74 Å². The highest BCUT2D eigenvalue weighted by atomic mass is 16.5. The molecule has 1 heterocycles. The molecule has 0 aromatic carbocycles. The normalized spacial score (nSPS) is 12.4. The molecule has 0 spiro atoms. The summed E-state index contributed by atoms with van der Waals surface area (Å²) in [6.45, 7) is 9.70. The molecule has 0 saturated heterocycles. The van der Waals surface area contributed by atoms with E-state index in [-0.39, 0.29) is 0 Å². The van der Waals surface area contributed by atoms with Gasteiger partial charge in [0.2, 0.25) is 0 Å². The van der Waals surface area contributed by atoms with Crippen molar-refractivity contribution in [1.82, 2.24) is 15.3 Å². The summed E-state index contributed by atoms with van der Waals surface area (Å²) in [7, 11) is 1.72. The summed E-state index contributed by atoms with van der Waals surface area (Å²) in [6.07, 6.45) is 4.72. The second-order valence-corrected chi connectivity index (χ2v) is 4.59. The van der Waals surface area contributed by atoms with Crippen molar-refractivity contribution < 1.29 is 4.74 Å². The average Bonchev–Trinajstić information content (AvgIpc) is 2.45. The molecule has 108 valence electrons. The monoisotopic (exact) mass is 266 g/mol. The standard InChI is InChI=1S/C14H26N4O/c1-5-12(3)18(7-8-19-4)14-11-16-10-13(17-14)9-15-6-2/h10-12,15H,5-9H2,1-4H3. The zero-order valence-corrected chi connectivity index (χ0v) is 12.5. The van der Waals surface area contributed by atoms with Crippen LogP contribution < -0.4 is 10.2 Å². The lowest BCUT2D eigenvalue weighted by Gasteiger charge is -2.29. The largest absolute Gasteiger partial charge is 0.383 e. The molecule has 0 fully saturated rings. The van der Waals surface area contributed by atoms with E-state index < -0.39 is 0 Å². The van der Waals surface area contributed by atoms with E-state index in [0.717, 1.165) is 37.6 Å². The van der Waals surface area contributed by atoms with Crippen LogP contribution in [0.3, 0.4) is 0 Å². The number of hydrogen-bond donors (Lipinski definition) is 1. The van der Waals surface area contributed by atoms with E-state index in [2.05, 4.69) is 41.0 Å². The predicted molar refractivity (Wildman–Crippen MR) is 78.4 cm³/mol. The maximum Gasteiger partial charge on any atom is 0.147 e. The molecule has 1 aromatic heterocycles. The topological polar surface area (TPSA) is 50.3 Å². The molecule has 1 aromatic rings. The highest BCUT2D eigenvalue weighted by Gasteiger charge is 2.14. The maximum atomic E-state index is 5.18. The van der Waals surface area contributed by atoms with Crippen LogP contribution in [0.25, 0.3) is 0 Å². The van der Waals surface area contributed by atoms with Crippen molar-refractivity contribution >= 4 is 5.82 Å². The Labute approximate surface area is 116 Å². The smallest absolute Gasteiger partial charge is 0.147 e. The van der Waals surface area contributed by atoms with Crippen LogP contribution in [0.2, 0.25) is 0 Å². The van der Waals surface area contributed by atoms with Gasteiger partial charge in [0, 0.05) is 32.4 Å². The molecular weight excluding hydrogens is 240 g/mol. The molecule has 19 heavy (non-hydrogen) atoms. The summed E-state index contributed by atoms with van der Waals surface area (Å²) < 4.78 is 5.18. The van der Waals surface area contributed by atoms with Crippen LogP contribution in [0.1, 0.15) is 32.9 Å². The van der Waals surface area contributed by atoms with Gasteiger partial charge in [-0.1, -0.05) is 13.8 Å². The van der Waals surface area contributed by atoms with Crippen molar-refractivity contribution in [2.75, 3.05) is 31.7 Å². The zero-order valence-electron chi connectivity index (χ0n) is 12.5. The van der Waals surface area contributed by atoms with Crippen molar-refractivity contribution in [3.05, 3.63) is 18.1 Å². The van der Waals surface area contributed by atoms with E-state index in [0.29, 0.717) is 12.6 Å². The minimum Gasteiger partial charge on any atom is -0.383 e. The van der Waals surface area contributed by atoms with Crippen molar-refractivity contribution in [2.24, 2.45) is 0 Å². The van der Waals surface area contributed by atoms with Crippen LogP contribution in [0, 0.1) is 0 Å². The lowest BCUT2D eigenvalue weighted by atomic mass is 10.2. The Hall–Kier alpha value is -1.20. The fraction of sp³-hybridized carbons (Fsp3) is 0.714. The van der Waals surface area contributed by atoms with Gasteiger partial charge in [-0.05, 0) is 19.9 Å². The average molecular weight is 266 g/mol. The van der Waals surface area contributed by atoms with Gasteiger partial charge in [0.05, 0.1) is 18.5 Å². The first-order valence-corrected chi connectivity index (χ1v) is 7.00. The summed E-state index contributed by atoms with van der Waals surface area (Å²) in [5, 5.41) is 3.27. The molecule has 1 rings (SSSR count). The van der Waals surface area contributed by atoms with Crippen molar-refractivity contribution in [1.29, 1.82) is 0 Å². The van der Waals surface area contributed by atoms with Gasteiger partial charge in [-0.15, -0.1) is 0 Å². The van der Waals surface area contributed by atoms with Crippen molar-refractivity contribution in [3.8, 4) is 0 Å². The molecule has 1 atom stereocenters. The molecule has 5 nitrogen and oxygen atoms in total. The number of aromatic nitrogens is 2. The summed E-state index contributed by atoms with van der Waals surface area (Å²) in [6, 6.07) is 0.429. The van der Waals surface area contributed by atoms with Gasteiger partial charge < -0.3 is 15.0 Å². The zero-order chi connectivity index (χ0) is 14.1. The highest BCUT2D eigenvalue weighted by Crippen LogP contribution is 2.15. The molecule has 0 aliphatic carbocycles. The van der Waals surface area contributed by atoms with E-state index in [9.17, 15) is 0 Å². The lowest BCUT2D eigenvalue weighted by molar-refractivity contribution is 0.203. The SMILES string of the molecule is CCNCc1cncc(N(CCOC)C(C)CC)n1. The number of rotatable bonds is 9. The van der Waals surface area contributed by atoms with E-state index in [1.165, 1.54) is 0 Å². The summed E-state index contributed by atoms with van der Waals surface area (Å²) in [5.41, 5.74) is 0.977. The number of anilines is 1. The Kier molecular flexibility index (Phi) is 7.36. The number of nitrogens with one attached hydrogen (secondary N) is 1. The van der Waals surface area contributed by atoms with Crippen LogP contribution in [-0.2, 0) is 11.3 Å². The first-order chi connectivity index (χ1) is 9.22. The lowest BCUT2D eigenvalue weighted by Crippen LogP contribution is -2.36. The quantitative estimate of drug-likeness (QED) is 0.739. The van der Waals surface area contributed by atoms with Gasteiger partial charge in [0.25, 0.3) is 0 Å². The maximum absolute atomic E-state index is 5.18. The second-order valence-electron chi connectivity index (χ2n) is 4.59. The van der Waals surface area contributed by atoms with Crippen LogP contribution in [0.4, 0.5) is 5.82 Å². The van der Waals surface area contributed by atoms with Crippen molar-refractivity contribution in [3.63, 3.8) is 0 Å². The number of ether oxygens (including phenoxy) is 1. The molecule has 0 saturated carbocycles. The number of nitrogens with zero attached hydrogens (tertiary/aromatic N) is 3. The van der Waals surface area contributed by atoms with E-state index in [1.807, 2.05) is 12.4 Å². The Morgan fingerprint density at radius 3 is 2.79 bits per heavy atom. The molecule has 0 amide bonds. The molecule has 0 radical (unpaired) electrons.